The zero-order valence-corrected chi connectivity index (χ0v) is 14.0. The number of carbonyl (C=O) groups excluding carboxylic acids is 1. The Labute approximate surface area is 124 Å². The Morgan fingerprint density at radius 2 is 2.00 bits per heavy atom. The highest BCUT2D eigenvalue weighted by molar-refractivity contribution is 5.68. The molecule has 5 heteroatoms. The molecule has 0 aromatic rings. The van der Waals surface area contributed by atoms with E-state index in [0.717, 1.165) is 32.5 Å². The summed E-state index contributed by atoms with van der Waals surface area (Å²) in [6, 6.07) is 0.437. The van der Waals surface area contributed by atoms with Gasteiger partial charge >= 0.3 is 6.09 Å². The summed E-state index contributed by atoms with van der Waals surface area (Å²) in [5, 5.41) is 3.43. The van der Waals surface area contributed by atoms with Crippen LogP contribution in [0.2, 0.25) is 0 Å². The average molecular weight is 288 g/mol. The summed E-state index contributed by atoms with van der Waals surface area (Å²) in [4.78, 5) is 13.7. The first-order valence-corrected chi connectivity index (χ1v) is 7.50. The molecule has 0 saturated carbocycles. The molecular weight excluding hydrogens is 256 g/mol. The summed E-state index contributed by atoms with van der Waals surface area (Å²) in [6.45, 7) is 12.8. The fourth-order valence-corrected chi connectivity index (χ4v) is 1.72. The normalized spacial score (nSPS) is 13.1. The van der Waals surface area contributed by atoms with Crippen molar-refractivity contribution < 1.29 is 14.3 Å². The minimum absolute atomic E-state index is 0.229. The topological polar surface area (TPSA) is 50.8 Å². The number of rotatable bonds is 9. The second kappa shape index (κ2) is 10.00. The average Bonchev–Trinajstić information content (AvgIpc) is 2.34. The molecular formula is C15H32N2O3. The van der Waals surface area contributed by atoms with Crippen LogP contribution in [0.25, 0.3) is 0 Å². The Hall–Kier alpha value is -0.810. The minimum Gasteiger partial charge on any atom is -0.444 e. The molecule has 0 aliphatic heterocycles. The molecule has 1 amide bonds. The molecule has 0 aromatic heterocycles. The van der Waals surface area contributed by atoms with Crippen LogP contribution in [-0.4, -0.2) is 56.0 Å². The van der Waals surface area contributed by atoms with Crippen LogP contribution in [0.1, 0.15) is 47.5 Å². The van der Waals surface area contributed by atoms with E-state index in [1.54, 1.807) is 12.0 Å². The van der Waals surface area contributed by atoms with Crippen molar-refractivity contribution in [2.45, 2.75) is 59.1 Å². The Morgan fingerprint density at radius 1 is 1.35 bits per heavy atom. The summed E-state index contributed by atoms with van der Waals surface area (Å²) in [7, 11) is 1.71. The van der Waals surface area contributed by atoms with Gasteiger partial charge in [-0.15, -0.1) is 0 Å². The number of ether oxygens (including phenoxy) is 2. The summed E-state index contributed by atoms with van der Waals surface area (Å²) in [6.07, 6.45) is 1.69. The number of methoxy groups -OCH3 is 1. The van der Waals surface area contributed by atoms with E-state index >= 15 is 0 Å². The van der Waals surface area contributed by atoms with Gasteiger partial charge in [-0.1, -0.05) is 0 Å². The molecule has 0 aliphatic carbocycles. The van der Waals surface area contributed by atoms with Crippen molar-refractivity contribution in [1.82, 2.24) is 10.2 Å². The van der Waals surface area contributed by atoms with E-state index in [-0.39, 0.29) is 6.09 Å². The highest BCUT2D eigenvalue weighted by Gasteiger charge is 2.20. The van der Waals surface area contributed by atoms with Crippen LogP contribution >= 0.6 is 0 Å². The molecule has 1 atom stereocenters. The van der Waals surface area contributed by atoms with E-state index in [2.05, 4.69) is 12.2 Å². The van der Waals surface area contributed by atoms with Crippen LogP contribution in [0.3, 0.4) is 0 Å². The fraction of sp³-hybridized carbons (Fsp3) is 0.933. The minimum atomic E-state index is -0.433. The van der Waals surface area contributed by atoms with Crippen molar-refractivity contribution in [3.8, 4) is 0 Å². The number of nitrogens with zero attached hydrogens (tertiary/aromatic N) is 1. The van der Waals surface area contributed by atoms with E-state index in [1.165, 1.54) is 0 Å². The molecule has 20 heavy (non-hydrogen) atoms. The lowest BCUT2D eigenvalue weighted by molar-refractivity contribution is 0.0258. The van der Waals surface area contributed by atoms with Crippen molar-refractivity contribution in [3.05, 3.63) is 0 Å². The highest BCUT2D eigenvalue weighted by atomic mass is 16.6. The predicted molar refractivity (Wildman–Crippen MR) is 82.1 cm³/mol. The van der Waals surface area contributed by atoms with Gasteiger partial charge in [-0.05, 0) is 54.0 Å². The Kier molecular flexibility index (Phi) is 9.59. The first-order valence-electron chi connectivity index (χ1n) is 7.50. The summed E-state index contributed by atoms with van der Waals surface area (Å²) < 4.78 is 10.4. The molecule has 0 fully saturated rings. The van der Waals surface area contributed by atoms with Gasteiger partial charge in [-0.25, -0.2) is 4.79 Å². The zero-order chi connectivity index (χ0) is 15.6. The van der Waals surface area contributed by atoms with Crippen molar-refractivity contribution in [2.24, 2.45) is 0 Å². The first kappa shape index (κ1) is 19.2. The van der Waals surface area contributed by atoms with Crippen LogP contribution in [0.5, 0.6) is 0 Å². The summed E-state index contributed by atoms with van der Waals surface area (Å²) >= 11 is 0. The van der Waals surface area contributed by atoms with Gasteiger partial charge < -0.3 is 19.7 Å². The molecule has 1 N–H and O–H groups in total. The van der Waals surface area contributed by atoms with Crippen molar-refractivity contribution in [3.63, 3.8) is 0 Å². The Morgan fingerprint density at radius 3 is 2.50 bits per heavy atom. The first-order chi connectivity index (χ1) is 9.30. The number of amides is 1. The van der Waals surface area contributed by atoms with Crippen LogP contribution in [0, 0.1) is 0 Å². The molecule has 0 heterocycles. The van der Waals surface area contributed by atoms with Gasteiger partial charge in [0, 0.05) is 32.8 Å². The molecule has 120 valence electrons. The molecule has 5 nitrogen and oxygen atoms in total. The lowest BCUT2D eigenvalue weighted by atomic mass is 10.2. The van der Waals surface area contributed by atoms with Crippen molar-refractivity contribution in [1.29, 1.82) is 0 Å². The lowest BCUT2D eigenvalue weighted by Crippen LogP contribution is -2.38. The standard InChI is InChI=1S/C15H32N2O3/c1-7-17(14(18)20-15(3,4)5)11-8-10-16-13(2)9-12-19-6/h13,16H,7-12H2,1-6H3. The SMILES string of the molecule is CCN(CCCNC(C)CCOC)C(=O)OC(C)(C)C. The van der Waals surface area contributed by atoms with Gasteiger partial charge in [0.05, 0.1) is 0 Å². The second-order valence-corrected chi connectivity index (χ2v) is 6.05. The van der Waals surface area contributed by atoms with Gasteiger partial charge in [0.2, 0.25) is 0 Å². The van der Waals surface area contributed by atoms with Gasteiger partial charge in [0.25, 0.3) is 0 Å². The smallest absolute Gasteiger partial charge is 0.410 e. The Bertz CT molecular complexity index is 264. The maximum Gasteiger partial charge on any atom is 0.410 e. The molecule has 0 rings (SSSR count). The van der Waals surface area contributed by atoms with E-state index < -0.39 is 5.60 Å². The quantitative estimate of drug-likeness (QED) is 0.663. The summed E-state index contributed by atoms with van der Waals surface area (Å²) in [5.41, 5.74) is -0.433. The molecule has 0 saturated heterocycles. The van der Waals surface area contributed by atoms with Gasteiger partial charge in [0.1, 0.15) is 5.60 Å². The maximum absolute atomic E-state index is 11.9. The monoisotopic (exact) mass is 288 g/mol. The van der Waals surface area contributed by atoms with E-state index in [9.17, 15) is 4.79 Å². The number of hydrogen-bond donors (Lipinski definition) is 1. The molecule has 0 spiro atoms. The fourth-order valence-electron chi connectivity index (χ4n) is 1.72. The lowest BCUT2D eigenvalue weighted by Gasteiger charge is -2.26. The second-order valence-electron chi connectivity index (χ2n) is 6.05. The van der Waals surface area contributed by atoms with Gasteiger partial charge in [0.15, 0.2) is 0 Å². The highest BCUT2D eigenvalue weighted by Crippen LogP contribution is 2.10. The number of hydrogen-bond acceptors (Lipinski definition) is 4. The van der Waals surface area contributed by atoms with Crippen LogP contribution < -0.4 is 5.32 Å². The molecule has 1 unspecified atom stereocenters. The van der Waals surface area contributed by atoms with Gasteiger partial charge in [-0.2, -0.15) is 0 Å². The van der Waals surface area contributed by atoms with Crippen molar-refractivity contribution >= 4 is 6.09 Å². The van der Waals surface area contributed by atoms with Crippen LogP contribution in [0.4, 0.5) is 4.79 Å². The van der Waals surface area contributed by atoms with E-state index in [4.69, 9.17) is 9.47 Å². The predicted octanol–water partition coefficient (Wildman–Crippen LogP) is 2.65. The zero-order valence-electron chi connectivity index (χ0n) is 14.0. The van der Waals surface area contributed by atoms with E-state index in [1.807, 2.05) is 27.7 Å². The van der Waals surface area contributed by atoms with Crippen LogP contribution in [0.15, 0.2) is 0 Å². The Balaban J connectivity index is 3.87. The molecule has 0 radical (unpaired) electrons. The molecule has 0 aromatic carbocycles. The van der Waals surface area contributed by atoms with Crippen LogP contribution in [-0.2, 0) is 9.47 Å². The maximum atomic E-state index is 11.9. The largest absolute Gasteiger partial charge is 0.444 e. The van der Waals surface area contributed by atoms with Gasteiger partial charge in [-0.3, -0.25) is 0 Å². The summed E-state index contributed by atoms with van der Waals surface area (Å²) in [5.74, 6) is 0. The third-order valence-corrected chi connectivity index (χ3v) is 2.89. The molecule has 0 aliphatic rings. The van der Waals surface area contributed by atoms with Crippen molar-refractivity contribution in [2.75, 3.05) is 33.4 Å². The molecule has 0 bridgehead atoms. The third-order valence-electron chi connectivity index (χ3n) is 2.89. The third kappa shape index (κ3) is 10.0. The number of carbonyl (C=O) groups is 1. The number of nitrogens with one attached hydrogen (secondary N) is 1. The van der Waals surface area contributed by atoms with E-state index in [0.29, 0.717) is 12.6 Å².